The highest BCUT2D eigenvalue weighted by Crippen LogP contribution is 2.38. The molecule has 0 spiro atoms. The van der Waals surface area contributed by atoms with Gasteiger partial charge in [-0.25, -0.2) is 4.98 Å². The second kappa shape index (κ2) is 4.28. The SMILES string of the molecule is O=C(c1c[nH]c2ncc(Br)cc12)C1Cc2ccccc21. The van der Waals surface area contributed by atoms with E-state index in [0.29, 0.717) is 0 Å². The number of pyridine rings is 1. The van der Waals surface area contributed by atoms with Crippen LogP contribution in [0.15, 0.2) is 47.2 Å². The van der Waals surface area contributed by atoms with Crippen LogP contribution in [0.25, 0.3) is 11.0 Å². The van der Waals surface area contributed by atoms with Gasteiger partial charge in [-0.05, 0) is 39.5 Å². The van der Waals surface area contributed by atoms with Crippen molar-refractivity contribution in [1.82, 2.24) is 9.97 Å². The third kappa shape index (κ3) is 1.64. The monoisotopic (exact) mass is 326 g/mol. The Labute approximate surface area is 124 Å². The van der Waals surface area contributed by atoms with Crippen molar-refractivity contribution in [2.75, 3.05) is 0 Å². The van der Waals surface area contributed by atoms with E-state index < -0.39 is 0 Å². The summed E-state index contributed by atoms with van der Waals surface area (Å²) in [5, 5.41) is 0.883. The Kier molecular flexibility index (Phi) is 2.54. The summed E-state index contributed by atoms with van der Waals surface area (Å²) in [6.07, 6.45) is 4.34. The van der Waals surface area contributed by atoms with Crippen LogP contribution in [-0.4, -0.2) is 15.8 Å². The largest absolute Gasteiger partial charge is 0.345 e. The van der Waals surface area contributed by atoms with Gasteiger partial charge in [0.05, 0.1) is 5.92 Å². The van der Waals surface area contributed by atoms with Crippen LogP contribution in [0.3, 0.4) is 0 Å². The molecule has 0 saturated carbocycles. The van der Waals surface area contributed by atoms with Gasteiger partial charge in [-0.1, -0.05) is 24.3 Å². The third-order valence-corrected chi connectivity index (χ3v) is 4.37. The van der Waals surface area contributed by atoms with E-state index in [4.69, 9.17) is 0 Å². The lowest BCUT2D eigenvalue weighted by Crippen LogP contribution is -2.25. The zero-order valence-electron chi connectivity index (χ0n) is 10.6. The van der Waals surface area contributed by atoms with E-state index in [2.05, 4.69) is 32.0 Å². The molecule has 20 heavy (non-hydrogen) atoms. The number of rotatable bonds is 2. The second-order valence-corrected chi connectivity index (χ2v) is 5.99. The predicted octanol–water partition coefficient (Wildman–Crippen LogP) is 3.85. The predicted molar refractivity (Wildman–Crippen MR) is 81.0 cm³/mol. The van der Waals surface area contributed by atoms with Crippen LogP contribution in [0.2, 0.25) is 0 Å². The van der Waals surface area contributed by atoms with Gasteiger partial charge in [0, 0.05) is 27.8 Å². The smallest absolute Gasteiger partial charge is 0.172 e. The number of aromatic nitrogens is 2. The Bertz CT molecular complexity index is 837. The highest BCUT2D eigenvalue weighted by Gasteiger charge is 2.33. The molecule has 4 rings (SSSR count). The van der Waals surface area contributed by atoms with Crippen molar-refractivity contribution < 1.29 is 4.79 Å². The first-order valence-electron chi connectivity index (χ1n) is 6.48. The van der Waals surface area contributed by atoms with E-state index in [0.717, 1.165) is 33.1 Å². The minimum absolute atomic E-state index is 0.0100. The second-order valence-electron chi connectivity index (χ2n) is 5.07. The molecule has 1 aliphatic carbocycles. The van der Waals surface area contributed by atoms with Gasteiger partial charge in [0.1, 0.15) is 5.65 Å². The van der Waals surface area contributed by atoms with Gasteiger partial charge in [-0.2, -0.15) is 0 Å². The topological polar surface area (TPSA) is 45.8 Å². The molecule has 0 bridgehead atoms. The molecule has 0 radical (unpaired) electrons. The number of nitrogens with zero attached hydrogens (tertiary/aromatic N) is 1. The standard InChI is InChI=1S/C16H11BrN2O/c17-10-6-13-14(8-19-16(13)18-7-10)15(20)12-5-9-3-1-2-4-11(9)12/h1-4,6-8,12H,5H2,(H,18,19). The maximum Gasteiger partial charge on any atom is 0.172 e. The summed E-state index contributed by atoms with van der Waals surface area (Å²) in [6.45, 7) is 0. The number of aromatic amines is 1. The highest BCUT2D eigenvalue weighted by atomic mass is 79.9. The molecular weight excluding hydrogens is 316 g/mol. The minimum atomic E-state index is -0.0100. The van der Waals surface area contributed by atoms with Crippen molar-refractivity contribution in [1.29, 1.82) is 0 Å². The fourth-order valence-electron chi connectivity index (χ4n) is 2.86. The molecule has 1 unspecified atom stereocenters. The lowest BCUT2D eigenvalue weighted by molar-refractivity contribution is 0.0950. The Morgan fingerprint density at radius 3 is 3.05 bits per heavy atom. The fourth-order valence-corrected chi connectivity index (χ4v) is 3.19. The van der Waals surface area contributed by atoms with Crippen LogP contribution in [0.5, 0.6) is 0 Å². The Balaban J connectivity index is 1.77. The molecule has 1 aromatic carbocycles. The third-order valence-electron chi connectivity index (χ3n) is 3.93. The molecule has 1 aliphatic rings. The Hall–Kier alpha value is -1.94. The van der Waals surface area contributed by atoms with Gasteiger partial charge in [0.25, 0.3) is 0 Å². The molecule has 3 aromatic rings. The lowest BCUT2D eigenvalue weighted by atomic mass is 9.74. The number of H-pyrrole nitrogens is 1. The van der Waals surface area contributed by atoms with E-state index in [1.807, 2.05) is 24.3 Å². The number of nitrogens with one attached hydrogen (secondary N) is 1. The first kappa shape index (κ1) is 11.9. The molecule has 98 valence electrons. The van der Waals surface area contributed by atoms with Crippen LogP contribution in [-0.2, 0) is 6.42 Å². The van der Waals surface area contributed by atoms with E-state index in [1.165, 1.54) is 5.56 Å². The van der Waals surface area contributed by atoms with E-state index in [1.54, 1.807) is 12.4 Å². The number of carbonyl (C=O) groups is 1. The molecule has 2 heterocycles. The molecule has 1 atom stereocenters. The van der Waals surface area contributed by atoms with Crippen molar-refractivity contribution in [2.24, 2.45) is 0 Å². The van der Waals surface area contributed by atoms with Crippen LogP contribution < -0.4 is 0 Å². The number of carbonyl (C=O) groups excluding carboxylic acids is 1. The van der Waals surface area contributed by atoms with Crippen molar-refractivity contribution in [3.8, 4) is 0 Å². The van der Waals surface area contributed by atoms with Gasteiger partial charge in [-0.3, -0.25) is 4.79 Å². The summed E-state index contributed by atoms with van der Waals surface area (Å²) in [6, 6.07) is 10.1. The summed E-state index contributed by atoms with van der Waals surface area (Å²) in [5.74, 6) is 0.166. The van der Waals surface area contributed by atoms with Gasteiger partial charge >= 0.3 is 0 Å². The normalized spacial score (nSPS) is 16.8. The zero-order valence-corrected chi connectivity index (χ0v) is 12.1. The average molecular weight is 327 g/mol. The van der Waals surface area contributed by atoms with Crippen LogP contribution in [0, 0.1) is 0 Å². The number of benzene rings is 1. The van der Waals surface area contributed by atoms with Crippen LogP contribution in [0.4, 0.5) is 0 Å². The number of hydrogen-bond acceptors (Lipinski definition) is 2. The maximum atomic E-state index is 12.7. The minimum Gasteiger partial charge on any atom is -0.345 e. The van der Waals surface area contributed by atoms with Crippen LogP contribution in [0.1, 0.15) is 27.4 Å². The van der Waals surface area contributed by atoms with Gasteiger partial charge in [0.15, 0.2) is 5.78 Å². The molecule has 0 fully saturated rings. The molecule has 0 saturated heterocycles. The van der Waals surface area contributed by atoms with E-state index in [9.17, 15) is 4.79 Å². The number of halogens is 1. The number of ketones is 1. The summed E-state index contributed by atoms with van der Waals surface area (Å²) >= 11 is 3.41. The molecule has 3 nitrogen and oxygen atoms in total. The van der Waals surface area contributed by atoms with Gasteiger partial charge in [0.2, 0.25) is 0 Å². The summed E-state index contributed by atoms with van der Waals surface area (Å²) < 4.78 is 0.882. The Morgan fingerprint density at radius 2 is 2.20 bits per heavy atom. The number of Topliss-reactive ketones (excluding diaryl/α,β-unsaturated/α-hetero) is 1. The van der Waals surface area contributed by atoms with Gasteiger partial charge in [-0.15, -0.1) is 0 Å². The quantitative estimate of drug-likeness (QED) is 0.727. The molecular formula is C16H11BrN2O. The highest BCUT2D eigenvalue weighted by molar-refractivity contribution is 9.10. The number of fused-ring (bicyclic) bond motifs is 2. The van der Waals surface area contributed by atoms with Crippen molar-refractivity contribution in [3.63, 3.8) is 0 Å². The molecule has 0 aliphatic heterocycles. The molecule has 4 heteroatoms. The molecule has 0 amide bonds. The summed E-state index contributed by atoms with van der Waals surface area (Å²) in [4.78, 5) is 20.1. The molecule has 1 N–H and O–H groups in total. The fraction of sp³-hybridized carbons (Fsp3) is 0.125. The first-order chi connectivity index (χ1) is 9.74. The zero-order chi connectivity index (χ0) is 13.7. The lowest BCUT2D eigenvalue weighted by Gasteiger charge is -2.28. The molecule has 2 aromatic heterocycles. The number of hydrogen-bond donors (Lipinski definition) is 1. The van der Waals surface area contributed by atoms with Crippen molar-refractivity contribution in [3.05, 3.63) is 63.9 Å². The van der Waals surface area contributed by atoms with E-state index >= 15 is 0 Å². The average Bonchev–Trinajstić information content (AvgIpc) is 2.83. The van der Waals surface area contributed by atoms with Gasteiger partial charge < -0.3 is 4.98 Å². The Morgan fingerprint density at radius 1 is 1.35 bits per heavy atom. The van der Waals surface area contributed by atoms with Crippen LogP contribution >= 0.6 is 15.9 Å². The maximum absolute atomic E-state index is 12.7. The van der Waals surface area contributed by atoms with Crippen molar-refractivity contribution in [2.45, 2.75) is 12.3 Å². The first-order valence-corrected chi connectivity index (χ1v) is 7.28. The summed E-state index contributed by atoms with van der Waals surface area (Å²) in [5.41, 5.74) is 3.93. The summed E-state index contributed by atoms with van der Waals surface area (Å²) in [7, 11) is 0. The van der Waals surface area contributed by atoms with Crippen molar-refractivity contribution >= 4 is 32.7 Å². The van der Waals surface area contributed by atoms with E-state index in [-0.39, 0.29) is 11.7 Å².